The van der Waals surface area contributed by atoms with Gasteiger partial charge in [-0.1, -0.05) is 18.2 Å². The summed E-state index contributed by atoms with van der Waals surface area (Å²) < 4.78 is 13.2. The molecule has 0 spiro atoms. The molecule has 94 valence electrons. The molecule has 17 heavy (non-hydrogen) atoms. The maximum atomic E-state index is 13.2. The van der Waals surface area contributed by atoms with Crippen LogP contribution in [-0.4, -0.2) is 19.0 Å². The fraction of sp³-hybridized carbons (Fsp3) is 0.462. The molecule has 1 rings (SSSR count). The van der Waals surface area contributed by atoms with Crippen molar-refractivity contribution in [2.75, 3.05) is 13.1 Å². The first-order valence-corrected chi connectivity index (χ1v) is 5.94. The van der Waals surface area contributed by atoms with Gasteiger partial charge in [0.25, 0.3) is 0 Å². The summed E-state index contributed by atoms with van der Waals surface area (Å²) in [5.41, 5.74) is 5.97. The fourth-order valence-electron chi connectivity index (χ4n) is 1.56. The van der Waals surface area contributed by atoms with Crippen LogP contribution in [0.3, 0.4) is 0 Å². The number of amides is 1. The molecule has 0 saturated carbocycles. The van der Waals surface area contributed by atoms with E-state index in [0.717, 1.165) is 12.8 Å². The Morgan fingerprint density at radius 2 is 2.06 bits per heavy atom. The van der Waals surface area contributed by atoms with E-state index in [0.29, 0.717) is 31.5 Å². The zero-order valence-corrected chi connectivity index (χ0v) is 9.92. The highest BCUT2D eigenvalue weighted by molar-refractivity contribution is 5.75. The minimum absolute atomic E-state index is 0.00906. The summed E-state index contributed by atoms with van der Waals surface area (Å²) in [7, 11) is 0. The van der Waals surface area contributed by atoms with Crippen molar-refractivity contribution in [2.24, 2.45) is 5.73 Å². The molecule has 1 aromatic rings. The first kappa shape index (κ1) is 13.6. The van der Waals surface area contributed by atoms with Gasteiger partial charge in [-0.2, -0.15) is 0 Å². The van der Waals surface area contributed by atoms with Gasteiger partial charge in [0.1, 0.15) is 5.82 Å². The quantitative estimate of drug-likeness (QED) is 0.709. The number of benzene rings is 1. The maximum Gasteiger partial charge on any atom is 0.220 e. The zero-order chi connectivity index (χ0) is 12.5. The number of nitrogens with two attached hydrogens (primary N) is 1. The molecule has 0 aliphatic rings. The van der Waals surface area contributed by atoms with Crippen LogP contribution >= 0.6 is 0 Å². The van der Waals surface area contributed by atoms with Crippen molar-refractivity contribution in [3.63, 3.8) is 0 Å². The first-order chi connectivity index (χ1) is 8.24. The van der Waals surface area contributed by atoms with E-state index in [-0.39, 0.29) is 11.7 Å². The molecule has 1 aromatic carbocycles. The molecule has 0 saturated heterocycles. The Kier molecular flexibility index (Phi) is 6.25. The van der Waals surface area contributed by atoms with Gasteiger partial charge >= 0.3 is 0 Å². The van der Waals surface area contributed by atoms with Crippen LogP contribution < -0.4 is 11.1 Å². The molecule has 3 nitrogen and oxygen atoms in total. The van der Waals surface area contributed by atoms with Gasteiger partial charge < -0.3 is 11.1 Å². The zero-order valence-electron chi connectivity index (χ0n) is 9.92. The topological polar surface area (TPSA) is 55.1 Å². The van der Waals surface area contributed by atoms with Crippen LogP contribution in [0.4, 0.5) is 4.39 Å². The number of carbonyl (C=O) groups excluding carboxylic acids is 1. The second kappa shape index (κ2) is 7.79. The first-order valence-electron chi connectivity index (χ1n) is 5.94. The Bertz CT molecular complexity index is 355. The van der Waals surface area contributed by atoms with E-state index in [2.05, 4.69) is 5.32 Å². The Hall–Kier alpha value is -1.42. The summed E-state index contributed by atoms with van der Waals surface area (Å²) in [5, 5.41) is 2.77. The van der Waals surface area contributed by atoms with Gasteiger partial charge in [-0.25, -0.2) is 4.39 Å². The van der Waals surface area contributed by atoms with E-state index in [1.165, 1.54) is 6.07 Å². The maximum absolute atomic E-state index is 13.2. The standard InChI is InChI=1S/C13H19FN2O/c14-12-6-2-1-5-11(12)8-10-16-13(17)7-3-4-9-15/h1-2,5-6H,3-4,7-10,15H2,(H,16,17). The van der Waals surface area contributed by atoms with Gasteiger partial charge in [-0.05, 0) is 37.4 Å². The smallest absolute Gasteiger partial charge is 0.220 e. The van der Waals surface area contributed by atoms with Crippen molar-refractivity contribution >= 4 is 5.91 Å². The average Bonchev–Trinajstić information content (AvgIpc) is 2.32. The molecule has 4 heteroatoms. The third-order valence-electron chi connectivity index (χ3n) is 2.53. The number of hydrogen-bond donors (Lipinski definition) is 2. The van der Waals surface area contributed by atoms with Crippen molar-refractivity contribution in [3.05, 3.63) is 35.6 Å². The molecular weight excluding hydrogens is 219 g/mol. The number of unbranched alkanes of at least 4 members (excludes halogenated alkanes) is 1. The van der Waals surface area contributed by atoms with E-state index >= 15 is 0 Å². The number of nitrogens with one attached hydrogen (secondary N) is 1. The van der Waals surface area contributed by atoms with Crippen molar-refractivity contribution in [3.8, 4) is 0 Å². The van der Waals surface area contributed by atoms with E-state index in [1.807, 2.05) is 0 Å². The lowest BCUT2D eigenvalue weighted by Crippen LogP contribution is -2.25. The molecule has 3 N–H and O–H groups in total. The summed E-state index contributed by atoms with van der Waals surface area (Å²) in [5.74, 6) is -0.209. The minimum Gasteiger partial charge on any atom is -0.356 e. The lowest BCUT2D eigenvalue weighted by molar-refractivity contribution is -0.121. The highest BCUT2D eigenvalue weighted by Gasteiger charge is 2.02. The molecule has 0 radical (unpaired) electrons. The summed E-state index contributed by atoms with van der Waals surface area (Å²) >= 11 is 0. The highest BCUT2D eigenvalue weighted by Crippen LogP contribution is 2.06. The summed E-state index contributed by atoms with van der Waals surface area (Å²) in [4.78, 5) is 11.3. The van der Waals surface area contributed by atoms with Crippen LogP contribution in [0.2, 0.25) is 0 Å². The Morgan fingerprint density at radius 1 is 1.29 bits per heavy atom. The van der Waals surface area contributed by atoms with Gasteiger partial charge in [0.05, 0.1) is 0 Å². The van der Waals surface area contributed by atoms with Crippen LogP contribution in [-0.2, 0) is 11.2 Å². The number of hydrogen-bond acceptors (Lipinski definition) is 2. The van der Waals surface area contributed by atoms with Crippen LogP contribution in [0.25, 0.3) is 0 Å². The fourth-order valence-corrected chi connectivity index (χ4v) is 1.56. The van der Waals surface area contributed by atoms with Crippen LogP contribution in [0, 0.1) is 5.82 Å². The molecule has 0 aliphatic carbocycles. The van der Waals surface area contributed by atoms with Crippen molar-refractivity contribution in [1.82, 2.24) is 5.32 Å². The largest absolute Gasteiger partial charge is 0.356 e. The predicted molar refractivity (Wildman–Crippen MR) is 66.0 cm³/mol. The molecule has 0 unspecified atom stereocenters. The SMILES string of the molecule is NCCCCC(=O)NCCc1ccccc1F. The van der Waals surface area contributed by atoms with Gasteiger partial charge in [-0.15, -0.1) is 0 Å². The number of halogens is 1. The molecule has 0 heterocycles. The van der Waals surface area contributed by atoms with Crippen LogP contribution in [0.15, 0.2) is 24.3 Å². The monoisotopic (exact) mass is 238 g/mol. The second-order valence-corrected chi connectivity index (χ2v) is 3.94. The summed E-state index contributed by atoms with van der Waals surface area (Å²) in [6.45, 7) is 1.09. The lowest BCUT2D eigenvalue weighted by Gasteiger charge is -2.05. The Balaban J connectivity index is 2.19. The highest BCUT2D eigenvalue weighted by atomic mass is 19.1. The van der Waals surface area contributed by atoms with E-state index in [9.17, 15) is 9.18 Å². The number of carbonyl (C=O) groups is 1. The van der Waals surface area contributed by atoms with Gasteiger partial charge in [0, 0.05) is 13.0 Å². The summed E-state index contributed by atoms with van der Waals surface area (Å²) in [6.07, 6.45) is 2.69. The van der Waals surface area contributed by atoms with Gasteiger partial charge in [0.15, 0.2) is 0 Å². The molecular formula is C13H19FN2O. The molecule has 1 amide bonds. The van der Waals surface area contributed by atoms with Crippen molar-refractivity contribution in [2.45, 2.75) is 25.7 Å². The third kappa shape index (κ3) is 5.45. The lowest BCUT2D eigenvalue weighted by atomic mass is 10.1. The minimum atomic E-state index is -0.218. The summed E-state index contributed by atoms with van der Waals surface area (Å²) in [6, 6.07) is 6.61. The molecule has 0 aliphatic heterocycles. The van der Waals surface area contributed by atoms with E-state index < -0.39 is 0 Å². The average molecular weight is 238 g/mol. The second-order valence-electron chi connectivity index (χ2n) is 3.94. The van der Waals surface area contributed by atoms with E-state index in [4.69, 9.17) is 5.73 Å². The number of rotatable bonds is 7. The van der Waals surface area contributed by atoms with Crippen molar-refractivity contribution < 1.29 is 9.18 Å². The Labute approximate surface area is 101 Å². The Morgan fingerprint density at radius 3 is 2.76 bits per heavy atom. The molecule has 0 fully saturated rings. The van der Waals surface area contributed by atoms with Crippen LogP contribution in [0.5, 0.6) is 0 Å². The predicted octanol–water partition coefficient (Wildman–Crippen LogP) is 1.61. The third-order valence-corrected chi connectivity index (χ3v) is 2.53. The van der Waals surface area contributed by atoms with E-state index in [1.54, 1.807) is 18.2 Å². The van der Waals surface area contributed by atoms with Crippen molar-refractivity contribution in [1.29, 1.82) is 0 Å². The normalized spacial score (nSPS) is 10.2. The molecule has 0 aromatic heterocycles. The molecule has 0 atom stereocenters. The molecule has 0 bridgehead atoms. The van der Waals surface area contributed by atoms with Gasteiger partial charge in [0.2, 0.25) is 5.91 Å². The van der Waals surface area contributed by atoms with Gasteiger partial charge in [-0.3, -0.25) is 4.79 Å². The van der Waals surface area contributed by atoms with Crippen LogP contribution in [0.1, 0.15) is 24.8 Å².